The van der Waals surface area contributed by atoms with Crippen molar-refractivity contribution < 1.29 is 4.79 Å². The average molecular weight is 325 g/mol. The number of carbonyl (C=O) groups excluding carboxylic acids is 1. The SMILES string of the molecule is CCCCCCCCCCN(C=O)C1CC(C)(C)NC(C)(C)C1. The lowest BCUT2D eigenvalue weighted by Gasteiger charge is -2.49. The van der Waals surface area contributed by atoms with E-state index in [0.717, 1.165) is 32.2 Å². The van der Waals surface area contributed by atoms with Crippen molar-refractivity contribution in [1.82, 2.24) is 10.2 Å². The van der Waals surface area contributed by atoms with E-state index in [4.69, 9.17) is 0 Å². The smallest absolute Gasteiger partial charge is 0.209 e. The van der Waals surface area contributed by atoms with Crippen molar-refractivity contribution in [3.8, 4) is 0 Å². The molecule has 0 aromatic heterocycles. The lowest BCUT2D eigenvalue weighted by atomic mass is 9.79. The van der Waals surface area contributed by atoms with E-state index in [9.17, 15) is 4.79 Å². The molecule has 1 fully saturated rings. The second kappa shape index (κ2) is 9.66. The highest BCUT2D eigenvalue weighted by molar-refractivity contribution is 5.48. The van der Waals surface area contributed by atoms with E-state index in [-0.39, 0.29) is 11.1 Å². The van der Waals surface area contributed by atoms with Crippen LogP contribution < -0.4 is 5.32 Å². The zero-order valence-electron chi connectivity index (χ0n) is 16.3. The van der Waals surface area contributed by atoms with Gasteiger partial charge in [0.25, 0.3) is 0 Å². The van der Waals surface area contributed by atoms with Gasteiger partial charge in [-0.1, -0.05) is 51.9 Å². The van der Waals surface area contributed by atoms with Gasteiger partial charge in [0, 0.05) is 23.7 Å². The molecule has 1 amide bonds. The molecular formula is C20H40N2O. The molecule has 1 aliphatic heterocycles. The third-order valence-electron chi connectivity index (χ3n) is 5.04. The number of hydrogen-bond donors (Lipinski definition) is 1. The third-order valence-corrected chi connectivity index (χ3v) is 5.04. The molecule has 0 aliphatic carbocycles. The predicted molar refractivity (Wildman–Crippen MR) is 99.7 cm³/mol. The number of rotatable bonds is 11. The van der Waals surface area contributed by atoms with Crippen molar-refractivity contribution in [2.75, 3.05) is 6.54 Å². The average Bonchev–Trinajstić information content (AvgIpc) is 2.42. The van der Waals surface area contributed by atoms with Gasteiger partial charge in [0.1, 0.15) is 0 Å². The predicted octanol–water partition coefficient (Wildman–Crippen LogP) is 4.89. The lowest BCUT2D eigenvalue weighted by Crippen LogP contribution is -2.62. The van der Waals surface area contributed by atoms with E-state index in [1.165, 1.54) is 44.9 Å². The van der Waals surface area contributed by atoms with Gasteiger partial charge in [-0.2, -0.15) is 0 Å². The maximum atomic E-state index is 11.6. The highest BCUT2D eigenvalue weighted by atomic mass is 16.1. The number of piperidine rings is 1. The number of carbonyl (C=O) groups is 1. The first-order chi connectivity index (χ1) is 10.8. The minimum absolute atomic E-state index is 0.104. The van der Waals surface area contributed by atoms with Gasteiger partial charge < -0.3 is 10.2 Å². The normalized spacial score (nSPS) is 20.4. The van der Waals surface area contributed by atoms with Crippen LogP contribution in [-0.2, 0) is 4.79 Å². The first-order valence-electron chi connectivity index (χ1n) is 9.80. The van der Waals surface area contributed by atoms with Gasteiger partial charge in [-0.3, -0.25) is 4.79 Å². The van der Waals surface area contributed by atoms with Crippen molar-refractivity contribution >= 4 is 6.41 Å². The van der Waals surface area contributed by atoms with E-state index in [1.807, 2.05) is 0 Å². The Hall–Kier alpha value is -0.570. The summed E-state index contributed by atoms with van der Waals surface area (Å²) in [6.45, 7) is 12.2. The van der Waals surface area contributed by atoms with E-state index in [1.54, 1.807) is 0 Å². The molecule has 0 radical (unpaired) electrons. The maximum Gasteiger partial charge on any atom is 0.209 e. The van der Waals surface area contributed by atoms with Crippen LogP contribution in [0, 0.1) is 0 Å². The second-order valence-corrected chi connectivity index (χ2v) is 8.77. The molecule has 1 heterocycles. The van der Waals surface area contributed by atoms with Crippen LogP contribution in [-0.4, -0.2) is 35.0 Å². The summed E-state index contributed by atoms with van der Waals surface area (Å²) in [4.78, 5) is 13.6. The molecule has 0 aromatic rings. The van der Waals surface area contributed by atoms with Crippen molar-refractivity contribution in [1.29, 1.82) is 0 Å². The number of amides is 1. The first kappa shape index (κ1) is 20.5. The molecule has 1 aliphatic rings. The van der Waals surface area contributed by atoms with Gasteiger partial charge in [0.05, 0.1) is 0 Å². The van der Waals surface area contributed by atoms with Gasteiger partial charge in [-0.25, -0.2) is 0 Å². The van der Waals surface area contributed by atoms with Crippen LogP contribution in [0.4, 0.5) is 0 Å². The molecule has 136 valence electrons. The largest absolute Gasteiger partial charge is 0.342 e. The van der Waals surface area contributed by atoms with Gasteiger partial charge in [-0.15, -0.1) is 0 Å². The first-order valence-corrected chi connectivity index (χ1v) is 9.80. The fourth-order valence-corrected chi connectivity index (χ4v) is 4.25. The lowest BCUT2D eigenvalue weighted by molar-refractivity contribution is -0.122. The Morgan fingerprint density at radius 2 is 1.39 bits per heavy atom. The molecule has 0 saturated carbocycles. The number of nitrogens with zero attached hydrogens (tertiary/aromatic N) is 1. The van der Waals surface area contributed by atoms with Gasteiger partial charge in [-0.05, 0) is 47.0 Å². The summed E-state index contributed by atoms with van der Waals surface area (Å²) in [5, 5.41) is 3.70. The summed E-state index contributed by atoms with van der Waals surface area (Å²) in [7, 11) is 0. The van der Waals surface area contributed by atoms with Crippen molar-refractivity contribution in [3.05, 3.63) is 0 Å². The quantitative estimate of drug-likeness (QED) is 0.433. The zero-order valence-corrected chi connectivity index (χ0v) is 16.3. The molecule has 0 bridgehead atoms. The number of hydrogen-bond acceptors (Lipinski definition) is 2. The molecule has 1 N–H and O–H groups in total. The molecular weight excluding hydrogens is 284 g/mol. The summed E-state index contributed by atoms with van der Waals surface area (Å²) >= 11 is 0. The van der Waals surface area contributed by atoms with Crippen LogP contribution in [0.5, 0.6) is 0 Å². The maximum absolute atomic E-state index is 11.6. The Morgan fingerprint density at radius 3 is 1.87 bits per heavy atom. The van der Waals surface area contributed by atoms with Gasteiger partial charge in [0.2, 0.25) is 6.41 Å². The van der Waals surface area contributed by atoms with E-state index >= 15 is 0 Å². The topological polar surface area (TPSA) is 32.3 Å². The van der Waals surface area contributed by atoms with E-state index in [2.05, 4.69) is 44.8 Å². The molecule has 3 heteroatoms. The van der Waals surface area contributed by atoms with E-state index < -0.39 is 0 Å². The Balaban J connectivity index is 2.29. The van der Waals surface area contributed by atoms with Crippen LogP contribution in [0.2, 0.25) is 0 Å². The standard InChI is InChI=1S/C20H40N2O/c1-6-7-8-9-10-11-12-13-14-22(17-23)18-15-19(2,3)21-20(4,5)16-18/h17-18,21H,6-16H2,1-5H3. The van der Waals surface area contributed by atoms with Crippen LogP contribution in [0.25, 0.3) is 0 Å². The Morgan fingerprint density at radius 1 is 0.913 bits per heavy atom. The minimum Gasteiger partial charge on any atom is -0.342 e. The van der Waals surface area contributed by atoms with Crippen molar-refractivity contribution in [2.45, 2.75) is 116 Å². The summed E-state index contributed by atoms with van der Waals surface area (Å²) in [6, 6.07) is 0.378. The Labute approximate surface area is 144 Å². The van der Waals surface area contributed by atoms with Crippen LogP contribution >= 0.6 is 0 Å². The monoisotopic (exact) mass is 324 g/mol. The number of unbranched alkanes of at least 4 members (excludes halogenated alkanes) is 7. The van der Waals surface area contributed by atoms with Gasteiger partial charge in [0.15, 0.2) is 0 Å². The Bertz CT molecular complexity index is 323. The van der Waals surface area contributed by atoms with Crippen molar-refractivity contribution in [2.24, 2.45) is 0 Å². The molecule has 3 nitrogen and oxygen atoms in total. The fourth-order valence-electron chi connectivity index (χ4n) is 4.25. The molecule has 0 aromatic carbocycles. The highest BCUT2D eigenvalue weighted by Gasteiger charge is 2.39. The third kappa shape index (κ3) is 8.19. The second-order valence-electron chi connectivity index (χ2n) is 8.77. The van der Waals surface area contributed by atoms with Crippen LogP contribution in [0.15, 0.2) is 0 Å². The molecule has 1 rings (SSSR count). The molecule has 0 spiro atoms. The molecule has 0 unspecified atom stereocenters. The number of nitrogens with one attached hydrogen (secondary N) is 1. The van der Waals surface area contributed by atoms with E-state index in [0.29, 0.717) is 6.04 Å². The zero-order chi connectivity index (χ0) is 17.3. The fraction of sp³-hybridized carbons (Fsp3) is 0.950. The van der Waals surface area contributed by atoms with Crippen molar-refractivity contribution in [3.63, 3.8) is 0 Å². The minimum atomic E-state index is 0.104. The molecule has 0 atom stereocenters. The van der Waals surface area contributed by atoms with Crippen LogP contribution in [0.1, 0.15) is 98.8 Å². The summed E-state index contributed by atoms with van der Waals surface area (Å²) < 4.78 is 0. The van der Waals surface area contributed by atoms with Crippen LogP contribution in [0.3, 0.4) is 0 Å². The summed E-state index contributed by atoms with van der Waals surface area (Å²) in [6.07, 6.45) is 13.7. The highest BCUT2D eigenvalue weighted by Crippen LogP contribution is 2.31. The van der Waals surface area contributed by atoms with Gasteiger partial charge >= 0.3 is 0 Å². The Kier molecular flexibility index (Phi) is 8.60. The summed E-state index contributed by atoms with van der Waals surface area (Å²) in [5.41, 5.74) is 0.208. The molecule has 1 saturated heterocycles. The molecule has 23 heavy (non-hydrogen) atoms. The summed E-state index contributed by atoms with van der Waals surface area (Å²) in [5.74, 6) is 0.